The third kappa shape index (κ3) is 6.62. The predicted molar refractivity (Wildman–Crippen MR) is 159 cm³/mol. The number of hydrogen-bond donors (Lipinski definition) is 4. The Bertz CT molecular complexity index is 2010. The van der Waals surface area contributed by atoms with E-state index in [0.29, 0.717) is 0 Å². The topological polar surface area (TPSA) is 200 Å². The van der Waals surface area contributed by atoms with Gasteiger partial charge in [0.1, 0.15) is 0 Å². The Labute approximate surface area is 253 Å². The first kappa shape index (κ1) is 31.4. The number of aromatic nitrogens is 2. The van der Waals surface area contributed by atoms with Crippen molar-refractivity contribution in [2.45, 2.75) is 30.8 Å². The molecule has 1 atom stereocenters. The molecule has 3 aromatic carbocycles. The molecule has 1 aromatic heterocycles. The number of carbonyl (C=O) groups is 3. The van der Waals surface area contributed by atoms with E-state index in [1.54, 1.807) is 0 Å². The third-order valence-corrected chi connectivity index (χ3v) is 8.32. The lowest BCUT2D eigenvalue weighted by atomic mass is 10.1. The van der Waals surface area contributed by atoms with Gasteiger partial charge in [0.25, 0.3) is 15.6 Å². The summed E-state index contributed by atoms with van der Waals surface area (Å²) in [6.45, 7) is 0.942. The second kappa shape index (κ2) is 12.4. The molecule has 0 aliphatic carbocycles. The van der Waals surface area contributed by atoms with Gasteiger partial charge in [-0.25, -0.2) is 13.2 Å². The molecule has 0 unspecified atom stereocenters. The Morgan fingerprint density at radius 2 is 1.63 bits per heavy atom. The second-order valence-electron chi connectivity index (χ2n) is 9.25. The number of carbonyl (C=O) groups excluding carboxylic acids is 2. The number of nitrogens with two attached hydrogens (primary N) is 1. The standard InChI is InChI=1S/C27H23Cl2N5O8S/c1-14(35)32-18-6-2-15(13-31-25(38)21(30)12-24(36)37)22(11-18)33-23-10-17(29)5-9-20(23)26(39)34(27(33)40)43(41,42)19-7-3-16(28)4-8-19/h2-11,21H,12-13,30H2,1H3,(H,31,38)(H,32,35)(H,36,37)/t21-/m0/s1. The van der Waals surface area contributed by atoms with Crippen LogP contribution in [0.1, 0.15) is 18.9 Å². The second-order valence-corrected chi connectivity index (χ2v) is 11.9. The fourth-order valence-corrected chi connectivity index (χ4v) is 5.80. The number of aliphatic carboxylic acids is 1. The smallest absolute Gasteiger partial charge is 0.350 e. The molecule has 5 N–H and O–H groups in total. The van der Waals surface area contributed by atoms with Gasteiger partial charge in [-0.15, -0.1) is 3.97 Å². The zero-order chi connectivity index (χ0) is 31.6. The number of amides is 2. The van der Waals surface area contributed by atoms with Crippen molar-refractivity contribution in [2.75, 3.05) is 5.32 Å². The van der Waals surface area contributed by atoms with E-state index in [0.717, 1.165) is 16.7 Å². The molecule has 0 saturated heterocycles. The Hall–Kier alpha value is -4.50. The van der Waals surface area contributed by atoms with E-state index in [4.69, 9.17) is 34.0 Å². The number of nitrogens with one attached hydrogen (secondary N) is 2. The monoisotopic (exact) mass is 647 g/mol. The van der Waals surface area contributed by atoms with E-state index >= 15 is 0 Å². The molecule has 0 spiro atoms. The molecule has 224 valence electrons. The summed E-state index contributed by atoms with van der Waals surface area (Å²) in [5, 5.41) is 14.1. The molecule has 0 aliphatic rings. The highest BCUT2D eigenvalue weighted by Crippen LogP contribution is 2.25. The lowest BCUT2D eigenvalue weighted by Crippen LogP contribution is -2.44. The number of hydrogen-bond acceptors (Lipinski definition) is 8. The zero-order valence-electron chi connectivity index (χ0n) is 22.2. The summed E-state index contributed by atoms with van der Waals surface area (Å²) >= 11 is 12.1. The quantitative estimate of drug-likeness (QED) is 0.210. The summed E-state index contributed by atoms with van der Waals surface area (Å²) in [5.74, 6) is -2.56. The SMILES string of the molecule is CC(=O)Nc1ccc(CNC(=O)[C@@H](N)CC(=O)O)c(-n2c(=O)n(S(=O)(=O)c3ccc(Cl)cc3)c(=O)c3ccc(Cl)cc32)c1. The number of benzene rings is 3. The molecular weight excluding hydrogens is 625 g/mol. The van der Waals surface area contributed by atoms with Crippen molar-refractivity contribution in [3.05, 3.63) is 97.1 Å². The van der Waals surface area contributed by atoms with Crippen molar-refractivity contribution in [2.24, 2.45) is 5.73 Å². The van der Waals surface area contributed by atoms with E-state index in [-0.39, 0.29) is 53.3 Å². The number of carboxylic acids is 1. The van der Waals surface area contributed by atoms with E-state index in [1.165, 1.54) is 55.5 Å². The summed E-state index contributed by atoms with van der Waals surface area (Å²) in [6, 6.07) is 11.6. The van der Waals surface area contributed by atoms with Crippen molar-refractivity contribution in [3.63, 3.8) is 0 Å². The Kier molecular flexibility index (Phi) is 9.06. The highest BCUT2D eigenvalue weighted by atomic mass is 35.5. The van der Waals surface area contributed by atoms with Crippen molar-refractivity contribution in [3.8, 4) is 5.69 Å². The van der Waals surface area contributed by atoms with Crippen LogP contribution in [0.15, 0.2) is 75.1 Å². The summed E-state index contributed by atoms with van der Waals surface area (Å²) in [7, 11) is -4.77. The van der Waals surface area contributed by atoms with Gasteiger partial charge < -0.3 is 21.5 Å². The highest BCUT2D eigenvalue weighted by molar-refractivity contribution is 7.90. The first-order valence-electron chi connectivity index (χ1n) is 12.3. The minimum Gasteiger partial charge on any atom is -0.481 e. The van der Waals surface area contributed by atoms with Crippen LogP contribution in [0.25, 0.3) is 16.6 Å². The number of nitrogens with zero attached hydrogens (tertiary/aromatic N) is 2. The average Bonchev–Trinajstić information content (AvgIpc) is 2.91. The molecule has 0 saturated carbocycles. The van der Waals surface area contributed by atoms with Gasteiger partial charge >= 0.3 is 11.7 Å². The van der Waals surface area contributed by atoms with Crippen molar-refractivity contribution in [1.82, 2.24) is 13.9 Å². The van der Waals surface area contributed by atoms with Crippen LogP contribution in [-0.2, 0) is 31.0 Å². The molecule has 2 amide bonds. The summed E-state index contributed by atoms with van der Waals surface area (Å²) in [5.41, 5.74) is 3.51. The lowest BCUT2D eigenvalue weighted by molar-refractivity contribution is -0.139. The molecule has 1 heterocycles. The predicted octanol–water partition coefficient (Wildman–Crippen LogP) is 2.07. The molecule has 0 fully saturated rings. The molecule has 43 heavy (non-hydrogen) atoms. The van der Waals surface area contributed by atoms with E-state index in [1.807, 2.05) is 0 Å². The Morgan fingerprint density at radius 3 is 2.26 bits per heavy atom. The maximum absolute atomic E-state index is 14.1. The van der Waals surface area contributed by atoms with Crippen LogP contribution in [0.4, 0.5) is 5.69 Å². The zero-order valence-corrected chi connectivity index (χ0v) is 24.5. The third-order valence-electron chi connectivity index (χ3n) is 6.16. The van der Waals surface area contributed by atoms with Crippen LogP contribution in [0.2, 0.25) is 10.0 Å². The van der Waals surface area contributed by atoms with Crippen LogP contribution in [0.5, 0.6) is 0 Å². The van der Waals surface area contributed by atoms with Crippen LogP contribution < -0.4 is 27.6 Å². The minimum atomic E-state index is -4.77. The van der Waals surface area contributed by atoms with Crippen LogP contribution in [0.3, 0.4) is 0 Å². The van der Waals surface area contributed by atoms with Crippen molar-refractivity contribution < 1.29 is 27.9 Å². The van der Waals surface area contributed by atoms with E-state index in [2.05, 4.69) is 10.6 Å². The van der Waals surface area contributed by atoms with Gasteiger partial charge in [-0.1, -0.05) is 29.3 Å². The Balaban J connectivity index is 2.02. The van der Waals surface area contributed by atoms with Crippen molar-refractivity contribution >= 4 is 67.6 Å². The van der Waals surface area contributed by atoms with Crippen molar-refractivity contribution in [1.29, 1.82) is 0 Å². The number of fused-ring (bicyclic) bond motifs is 1. The summed E-state index contributed by atoms with van der Waals surface area (Å²) in [4.78, 5) is 62.5. The molecule has 0 radical (unpaired) electrons. The van der Waals surface area contributed by atoms with Gasteiger partial charge in [-0.2, -0.15) is 0 Å². The lowest BCUT2D eigenvalue weighted by Gasteiger charge is -2.19. The molecule has 13 nitrogen and oxygen atoms in total. The maximum atomic E-state index is 14.1. The fraction of sp³-hybridized carbons (Fsp3) is 0.148. The molecule has 0 bridgehead atoms. The van der Waals surface area contributed by atoms with Gasteiger partial charge in [0.15, 0.2) is 0 Å². The largest absolute Gasteiger partial charge is 0.481 e. The maximum Gasteiger partial charge on any atom is 0.350 e. The summed E-state index contributed by atoms with van der Waals surface area (Å²) < 4.78 is 28.3. The van der Waals surface area contributed by atoms with Crippen LogP contribution in [0, 0.1) is 0 Å². The first-order valence-corrected chi connectivity index (χ1v) is 14.5. The number of halogens is 2. The minimum absolute atomic E-state index is 0.0318. The van der Waals surface area contributed by atoms with Gasteiger partial charge in [-0.05, 0) is 60.2 Å². The molecule has 4 aromatic rings. The van der Waals surface area contributed by atoms with Gasteiger partial charge in [0, 0.05) is 29.2 Å². The average molecular weight is 648 g/mol. The molecular formula is C27H23Cl2N5O8S. The molecule has 16 heteroatoms. The highest BCUT2D eigenvalue weighted by Gasteiger charge is 2.27. The molecule has 4 rings (SSSR count). The molecule has 0 aliphatic heterocycles. The first-order chi connectivity index (χ1) is 20.2. The number of anilines is 1. The number of rotatable bonds is 9. The fourth-order valence-electron chi connectivity index (χ4n) is 4.21. The van der Waals surface area contributed by atoms with Crippen LogP contribution >= 0.6 is 23.2 Å². The van der Waals surface area contributed by atoms with Crippen LogP contribution in [-0.4, -0.2) is 45.9 Å². The number of carboxylic acid groups (broad SMARTS) is 1. The van der Waals surface area contributed by atoms with E-state index in [9.17, 15) is 32.4 Å². The van der Waals surface area contributed by atoms with Gasteiger partial charge in [0.05, 0.1) is 33.9 Å². The summed E-state index contributed by atoms with van der Waals surface area (Å²) in [6.07, 6.45) is -0.643. The van der Waals surface area contributed by atoms with E-state index < -0.39 is 51.5 Å². The Morgan fingerprint density at radius 1 is 0.977 bits per heavy atom. The van der Waals surface area contributed by atoms with Gasteiger partial charge in [-0.3, -0.25) is 23.7 Å². The normalized spacial score (nSPS) is 12.1. The van der Waals surface area contributed by atoms with Gasteiger partial charge in [0.2, 0.25) is 11.8 Å².